The van der Waals surface area contributed by atoms with E-state index in [0.29, 0.717) is 5.69 Å². The molecule has 1 fully saturated rings. The van der Waals surface area contributed by atoms with Gasteiger partial charge in [-0.15, -0.1) is 0 Å². The summed E-state index contributed by atoms with van der Waals surface area (Å²) in [6.45, 7) is 2.93. The van der Waals surface area contributed by atoms with E-state index >= 15 is 0 Å². The molecular weight excluding hydrogens is 232 g/mol. The van der Waals surface area contributed by atoms with Crippen molar-refractivity contribution in [2.45, 2.75) is 26.3 Å². The summed E-state index contributed by atoms with van der Waals surface area (Å²) < 4.78 is 2.85. The summed E-state index contributed by atoms with van der Waals surface area (Å²) in [6, 6.07) is 0. The lowest BCUT2D eigenvalue weighted by molar-refractivity contribution is 0.111. The standard InChI is InChI=1S/C9H11BrN2O/c1-6-8(5-13)11-9(10)12(6)4-7-2-3-7/h5,7H,2-4H2,1H3. The van der Waals surface area contributed by atoms with Gasteiger partial charge in [0.2, 0.25) is 0 Å². The van der Waals surface area contributed by atoms with Gasteiger partial charge >= 0.3 is 0 Å². The number of rotatable bonds is 3. The Morgan fingerprint density at radius 2 is 2.38 bits per heavy atom. The predicted octanol–water partition coefficient (Wildman–Crippen LogP) is 2.18. The summed E-state index contributed by atoms with van der Waals surface area (Å²) in [5.74, 6) is 0.795. The summed E-state index contributed by atoms with van der Waals surface area (Å²) in [5.41, 5.74) is 1.52. The van der Waals surface area contributed by atoms with Crippen LogP contribution in [0.5, 0.6) is 0 Å². The van der Waals surface area contributed by atoms with Crippen LogP contribution in [0, 0.1) is 12.8 Å². The number of hydrogen-bond acceptors (Lipinski definition) is 2. The first-order valence-electron chi connectivity index (χ1n) is 4.40. The average molecular weight is 243 g/mol. The largest absolute Gasteiger partial charge is 0.322 e. The van der Waals surface area contributed by atoms with Crippen LogP contribution in [-0.4, -0.2) is 15.8 Å². The summed E-state index contributed by atoms with van der Waals surface area (Å²) >= 11 is 3.36. The van der Waals surface area contributed by atoms with Gasteiger partial charge in [-0.25, -0.2) is 4.98 Å². The van der Waals surface area contributed by atoms with Crippen LogP contribution < -0.4 is 0 Å². The van der Waals surface area contributed by atoms with Gasteiger partial charge in [-0.1, -0.05) is 0 Å². The molecule has 0 saturated heterocycles. The molecule has 0 N–H and O–H groups in total. The molecule has 1 aromatic heterocycles. The molecule has 4 heteroatoms. The summed E-state index contributed by atoms with van der Waals surface area (Å²) in [6.07, 6.45) is 3.42. The van der Waals surface area contributed by atoms with E-state index in [2.05, 4.69) is 25.5 Å². The zero-order valence-corrected chi connectivity index (χ0v) is 9.04. The Morgan fingerprint density at radius 1 is 1.69 bits per heavy atom. The van der Waals surface area contributed by atoms with Gasteiger partial charge in [0.1, 0.15) is 5.69 Å². The van der Waals surface area contributed by atoms with Gasteiger partial charge in [0.25, 0.3) is 0 Å². The van der Waals surface area contributed by atoms with Gasteiger partial charge in [-0.05, 0) is 41.6 Å². The fourth-order valence-corrected chi connectivity index (χ4v) is 2.00. The third-order valence-electron chi connectivity index (χ3n) is 2.46. The minimum absolute atomic E-state index is 0.549. The molecule has 1 heterocycles. The van der Waals surface area contributed by atoms with Crippen LogP contribution in [0.4, 0.5) is 0 Å². The fraction of sp³-hybridized carbons (Fsp3) is 0.556. The topological polar surface area (TPSA) is 34.9 Å². The van der Waals surface area contributed by atoms with Crippen molar-refractivity contribution in [2.75, 3.05) is 0 Å². The maximum Gasteiger partial charge on any atom is 0.177 e. The molecule has 2 rings (SSSR count). The van der Waals surface area contributed by atoms with E-state index in [9.17, 15) is 4.79 Å². The van der Waals surface area contributed by atoms with E-state index in [1.807, 2.05) is 6.92 Å². The lowest BCUT2D eigenvalue weighted by Gasteiger charge is -2.04. The van der Waals surface area contributed by atoms with Crippen molar-refractivity contribution in [3.8, 4) is 0 Å². The first kappa shape index (κ1) is 8.94. The molecule has 3 nitrogen and oxygen atoms in total. The second kappa shape index (κ2) is 3.25. The molecule has 1 aliphatic carbocycles. The predicted molar refractivity (Wildman–Crippen MR) is 52.8 cm³/mol. The molecule has 13 heavy (non-hydrogen) atoms. The van der Waals surface area contributed by atoms with Crippen LogP contribution in [0.25, 0.3) is 0 Å². The molecule has 0 radical (unpaired) electrons. The number of halogens is 1. The molecular formula is C9H11BrN2O. The molecule has 0 aliphatic heterocycles. The lowest BCUT2D eigenvalue weighted by atomic mass is 10.3. The minimum atomic E-state index is 0.549. The van der Waals surface area contributed by atoms with Crippen LogP contribution in [0.3, 0.4) is 0 Å². The second-order valence-corrected chi connectivity index (χ2v) is 4.23. The maximum absolute atomic E-state index is 10.6. The van der Waals surface area contributed by atoms with E-state index in [0.717, 1.165) is 29.2 Å². The molecule has 0 aromatic carbocycles. The first-order chi connectivity index (χ1) is 6.22. The van der Waals surface area contributed by atoms with Gasteiger partial charge < -0.3 is 4.57 Å². The highest BCUT2D eigenvalue weighted by molar-refractivity contribution is 9.10. The molecule has 0 bridgehead atoms. The quantitative estimate of drug-likeness (QED) is 0.762. The third kappa shape index (κ3) is 1.68. The average Bonchev–Trinajstić information content (AvgIpc) is 2.87. The molecule has 0 spiro atoms. The van der Waals surface area contributed by atoms with Crippen LogP contribution >= 0.6 is 15.9 Å². The minimum Gasteiger partial charge on any atom is -0.322 e. The van der Waals surface area contributed by atoms with E-state index in [1.165, 1.54) is 12.8 Å². The van der Waals surface area contributed by atoms with Gasteiger partial charge in [0, 0.05) is 12.2 Å². The molecule has 0 unspecified atom stereocenters. The Balaban J connectivity index is 2.30. The van der Waals surface area contributed by atoms with Crippen LogP contribution in [0.1, 0.15) is 29.0 Å². The number of aromatic nitrogens is 2. The number of carbonyl (C=O) groups is 1. The zero-order valence-electron chi connectivity index (χ0n) is 7.46. The van der Waals surface area contributed by atoms with Crippen molar-refractivity contribution in [1.82, 2.24) is 9.55 Å². The van der Waals surface area contributed by atoms with Crippen LogP contribution in [0.2, 0.25) is 0 Å². The number of aldehydes is 1. The van der Waals surface area contributed by atoms with E-state index in [-0.39, 0.29) is 0 Å². The first-order valence-corrected chi connectivity index (χ1v) is 5.19. The molecule has 0 atom stereocenters. The van der Waals surface area contributed by atoms with Crippen molar-refractivity contribution in [2.24, 2.45) is 5.92 Å². The smallest absolute Gasteiger partial charge is 0.177 e. The number of imidazole rings is 1. The molecule has 70 valence electrons. The van der Waals surface area contributed by atoms with Gasteiger partial charge in [0.05, 0.1) is 0 Å². The van der Waals surface area contributed by atoms with Crippen molar-refractivity contribution in [3.05, 3.63) is 16.1 Å². The monoisotopic (exact) mass is 242 g/mol. The highest BCUT2D eigenvalue weighted by Gasteiger charge is 2.24. The van der Waals surface area contributed by atoms with E-state index in [1.54, 1.807) is 0 Å². The van der Waals surface area contributed by atoms with Crippen LogP contribution in [0.15, 0.2) is 4.73 Å². The zero-order chi connectivity index (χ0) is 9.42. The second-order valence-electron chi connectivity index (χ2n) is 3.52. The summed E-state index contributed by atoms with van der Waals surface area (Å²) in [7, 11) is 0. The fourth-order valence-electron chi connectivity index (χ4n) is 1.40. The van der Waals surface area contributed by atoms with Crippen molar-refractivity contribution >= 4 is 22.2 Å². The van der Waals surface area contributed by atoms with Crippen molar-refractivity contribution in [1.29, 1.82) is 0 Å². The Hall–Kier alpha value is -0.640. The third-order valence-corrected chi connectivity index (χ3v) is 3.07. The highest BCUT2D eigenvalue weighted by Crippen LogP contribution is 2.32. The molecule has 1 aromatic rings. The van der Waals surface area contributed by atoms with Gasteiger partial charge in [0.15, 0.2) is 11.0 Å². The van der Waals surface area contributed by atoms with Gasteiger partial charge in [-0.3, -0.25) is 4.79 Å². The summed E-state index contributed by atoms with van der Waals surface area (Å²) in [4.78, 5) is 14.7. The highest BCUT2D eigenvalue weighted by atomic mass is 79.9. The SMILES string of the molecule is Cc1c(C=O)nc(Br)n1CC1CC1. The van der Waals surface area contributed by atoms with Gasteiger partial charge in [-0.2, -0.15) is 0 Å². The molecule has 1 aliphatic rings. The van der Waals surface area contributed by atoms with Crippen LogP contribution in [-0.2, 0) is 6.54 Å². The van der Waals surface area contributed by atoms with E-state index in [4.69, 9.17) is 0 Å². The van der Waals surface area contributed by atoms with Crippen molar-refractivity contribution in [3.63, 3.8) is 0 Å². The Morgan fingerprint density at radius 3 is 2.85 bits per heavy atom. The number of nitrogens with zero attached hydrogens (tertiary/aromatic N) is 2. The molecule has 0 amide bonds. The van der Waals surface area contributed by atoms with Crippen molar-refractivity contribution < 1.29 is 4.79 Å². The lowest BCUT2D eigenvalue weighted by Crippen LogP contribution is -2.02. The number of hydrogen-bond donors (Lipinski definition) is 0. The normalized spacial score (nSPS) is 16.2. The van der Waals surface area contributed by atoms with E-state index < -0.39 is 0 Å². The maximum atomic E-state index is 10.6. The Bertz CT molecular complexity index is 342. The summed E-state index contributed by atoms with van der Waals surface area (Å²) in [5, 5.41) is 0. The number of carbonyl (C=O) groups excluding carboxylic acids is 1. The Kier molecular flexibility index (Phi) is 2.24. The Labute approximate surface area is 85.3 Å². The molecule has 1 saturated carbocycles.